The van der Waals surface area contributed by atoms with E-state index >= 15 is 0 Å². The average Bonchev–Trinajstić information content (AvgIpc) is 3.57. The van der Waals surface area contributed by atoms with Crippen molar-refractivity contribution in [3.8, 4) is 0 Å². The first kappa shape index (κ1) is 67.8. The Bertz CT molecular complexity index is 2300. The number of esters is 2. The van der Waals surface area contributed by atoms with Crippen LogP contribution < -0.4 is 0 Å². The van der Waals surface area contributed by atoms with Gasteiger partial charge in [0.25, 0.3) is 0 Å². The van der Waals surface area contributed by atoms with Crippen LogP contribution in [0.3, 0.4) is 0 Å². The third kappa shape index (κ3) is 15.2. The SMILES string of the molecule is CCC1O[C@@H](OCCN=[N+]=[N-])C(C)[C@@H](C)[C@@H]1O[C@@H]1OC(CC)[C@@H](O[C@@H]2OC3COC(c4ccccc4)O[C@H]3[C@H](O[C@H]3O[C@@H](CC)[C@@H](C)C(C)C3O[C@H]3O[C@@H](CC)[C@@H](C)C(C)C3O[C@H]3O[C@@H](CC)[C@@H](C)C(C)C3OC(C)=O)C2OC(C)=O)[C@H](C)C1C. The summed E-state index contributed by atoms with van der Waals surface area (Å²) in [4.78, 5) is 29.2. The lowest BCUT2D eigenvalue weighted by Gasteiger charge is -2.54. The highest BCUT2D eigenvalue weighted by Crippen LogP contribution is 2.47. The van der Waals surface area contributed by atoms with Gasteiger partial charge in [0.15, 0.2) is 56.2 Å². The average molecular weight is 1200 g/mol. The Labute approximate surface area is 505 Å². The maximum Gasteiger partial charge on any atom is 0.303 e. The second-order valence-corrected chi connectivity index (χ2v) is 25.5. The summed E-state index contributed by atoms with van der Waals surface area (Å²) < 4.78 is 109. The summed E-state index contributed by atoms with van der Waals surface area (Å²) >= 11 is 0. The van der Waals surface area contributed by atoms with Gasteiger partial charge in [-0.25, -0.2) is 0 Å². The maximum atomic E-state index is 13.6. The zero-order valence-electron chi connectivity index (χ0n) is 53.6. The fourth-order valence-electron chi connectivity index (χ4n) is 14.1. The van der Waals surface area contributed by atoms with Gasteiger partial charge >= 0.3 is 11.9 Å². The molecule has 21 nitrogen and oxygen atoms in total. The lowest BCUT2D eigenvalue weighted by molar-refractivity contribution is -0.411. The summed E-state index contributed by atoms with van der Waals surface area (Å²) in [7, 11) is 0. The van der Waals surface area contributed by atoms with Crippen LogP contribution >= 0.6 is 0 Å². The van der Waals surface area contributed by atoms with E-state index < -0.39 is 111 Å². The summed E-state index contributed by atoms with van der Waals surface area (Å²) in [6, 6.07) is 9.66. The lowest BCUT2D eigenvalue weighted by atomic mass is 9.80. The molecule has 0 saturated carbocycles. The molecule has 0 radical (unpaired) electrons. The number of carbonyl (C=O) groups is 2. The lowest BCUT2D eigenvalue weighted by Crippen LogP contribution is -2.67. The van der Waals surface area contributed by atoms with Gasteiger partial charge in [0.05, 0.1) is 55.9 Å². The molecule has 0 spiro atoms. The smallest absolute Gasteiger partial charge is 0.303 e. The molecule has 21 heteroatoms. The minimum atomic E-state index is -1.19. The van der Waals surface area contributed by atoms with Crippen molar-refractivity contribution in [2.24, 2.45) is 64.3 Å². The number of hydrogen-bond donors (Lipinski definition) is 0. The first-order valence-electron chi connectivity index (χ1n) is 32.2. The number of rotatable bonds is 22. The molecule has 1 aromatic rings. The van der Waals surface area contributed by atoms with Crippen molar-refractivity contribution in [2.75, 3.05) is 19.8 Å². The Morgan fingerprint density at radius 2 is 0.871 bits per heavy atom. The van der Waals surface area contributed by atoms with Crippen LogP contribution in [0.2, 0.25) is 0 Å². The Morgan fingerprint density at radius 3 is 1.36 bits per heavy atom. The Kier molecular flexibility index (Phi) is 24.4. The van der Waals surface area contributed by atoms with Gasteiger partial charge in [-0.15, -0.1) is 0 Å². The number of carbonyl (C=O) groups excluding carboxylic acids is 2. The minimum absolute atomic E-state index is 0.00870. The quantitative estimate of drug-likeness (QED) is 0.0345. The van der Waals surface area contributed by atoms with Gasteiger partial charge in [-0.05, 0) is 79.1 Å². The van der Waals surface area contributed by atoms with Crippen molar-refractivity contribution in [2.45, 2.75) is 279 Å². The van der Waals surface area contributed by atoms with Crippen molar-refractivity contribution in [1.29, 1.82) is 0 Å². The molecule has 0 aliphatic carbocycles. The number of hydrogen-bond acceptors (Lipinski definition) is 19. The second-order valence-electron chi connectivity index (χ2n) is 25.5. The van der Waals surface area contributed by atoms with Crippen molar-refractivity contribution in [3.63, 3.8) is 0 Å². The molecule has 7 saturated heterocycles. The molecule has 7 fully saturated rings. The summed E-state index contributed by atoms with van der Waals surface area (Å²) in [5.41, 5.74) is 9.58. The number of ether oxygens (including phenoxy) is 16. The van der Waals surface area contributed by atoms with Gasteiger partial charge in [-0.2, -0.15) is 0 Å². The van der Waals surface area contributed by atoms with E-state index in [0.29, 0.717) is 19.3 Å². The highest BCUT2D eigenvalue weighted by Gasteiger charge is 2.59. The molecular formula is C64H103N3O18. The standard InChI is InChI=1S/C64H103N3O18/c1-18-44-31(6)34(9)52(72-41(16)68)61(74-44)82-53-35(10)32(7)45(19-2)75-62(53)83-54-36(11)33(8)46(20-3)76-63(54)85-56-55-49(30-71-60(84-55)43-26-24-23-25-27-43)79-64(57(56)73-42(17)69)81-51-38(13)40(15)59(78-48(51)22-5)80-50-37(12)39(14)58(77-47(50)21-4)70-29-28-66-67-65/h23-27,31-40,44-64H,18-22,28-30H2,1-17H3/t31-,32-,33-,34?,35?,36?,37+,38+,39?,40?,44-,45-,46-,47?,48?,49?,50-,51-,52?,53?,54?,55+,56-,57?,58+,59-,60?,61+,62+,63+,64-/m0/s1. The van der Waals surface area contributed by atoms with E-state index in [9.17, 15) is 9.59 Å². The van der Waals surface area contributed by atoms with Gasteiger partial charge in [0.2, 0.25) is 0 Å². The van der Waals surface area contributed by atoms with Crippen LogP contribution in [0.5, 0.6) is 0 Å². The Balaban J connectivity index is 1.10. The molecule has 0 aromatic heterocycles. The third-order valence-corrected chi connectivity index (χ3v) is 20.4. The van der Waals surface area contributed by atoms with Crippen molar-refractivity contribution in [1.82, 2.24) is 0 Å². The third-order valence-electron chi connectivity index (χ3n) is 20.4. The first-order valence-corrected chi connectivity index (χ1v) is 32.2. The highest BCUT2D eigenvalue weighted by atomic mass is 16.8. The Morgan fingerprint density at radius 1 is 0.471 bits per heavy atom. The van der Waals surface area contributed by atoms with Crippen LogP contribution in [0.4, 0.5) is 0 Å². The molecule has 7 heterocycles. The molecule has 0 amide bonds. The summed E-state index contributed by atoms with van der Waals surface area (Å²) in [5.74, 6) is -1.43. The van der Waals surface area contributed by atoms with Gasteiger partial charge in [-0.1, -0.05) is 139 Å². The van der Waals surface area contributed by atoms with Crippen LogP contribution in [-0.4, -0.2) is 155 Å². The van der Waals surface area contributed by atoms with Crippen molar-refractivity contribution >= 4 is 11.9 Å². The van der Waals surface area contributed by atoms with Gasteiger partial charge in [-0.3, -0.25) is 9.59 Å². The largest absolute Gasteiger partial charge is 0.457 e. The van der Waals surface area contributed by atoms with Crippen LogP contribution in [0.25, 0.3) is 10.4 Å². The summed E-state index contributed by atoms with van der Waals surface area (Å²) in [5, 5.41) is 3.62. The van der Waals surface area contributed by atoms with E-state index in [-0.39, 0.29) is 109 Å². The van der Waals surface area contributed by atoms with E-state index in [0.717, 1.165) is 18.4 Å². The van der Waals surface area contributed by atoms with Gasteiger partial charge in [0.1, 0.15) is 30.5 Å². The van der Waals surface area contributed by atoms with Crippen LogP contribution in [0.1, 0.15) is 162 Å². The van der Waals surface area contributed by atoms with Crippen molar-refractivity contribution in [3.05, 3.63) is 46.3 Å². The van der Waals surface area contributed by atoms with E-state index in [4.69, 9.17) is 81.3 Å². The molecule has 7 aliphatic rings. The van der Waals surface area contributed by atoms with Crippen LogP contribution in [-0.2, 0) is 85.4 Å². The fourth-order valence-corrected chi connectivity index (χ4v) is 14.1. The molecule has 7 aliphatic heterocycles. The molecule has 8 rings (SSSR count). The molecular weight excluding hydrogens is 1100 g/mol. The maximum absolute atomic E-state index is 13.6. The number of benzene rings is 1. The summed E-state index contributed by atoms with van der Waals surface area (Å²) in [6.45, 7) is 35.1. The number of nitrogens with zero attached hydrogens (tertiary/aromatic N) is 3. The molecule has 0 N–H and O–H groups in total. The fraction of sp³-hybridized carbons (Fsp3) is 0.875. The van der Waals surface area contributed by atoms with E-state index in [1.165, 1.54) is 13.8 Å². The van der Waals surface area contributed by atoms with Crippen LogP contribution in [0.15, 0.2) is 35.4 Å². The van der Waals surface area contributed by atoms with Gasteiger partial charge < -0.3 is 75.8 Å². The summed E-state index contributed by atoms with van der Waals surface area (Å²) in [6.07, 6.45) is -10.7. The Hall–Kier alpha value is -3.09. The molecule has 0 bridgehead atoms. The first-order chi connectivity index (χ1) is 40.7. The molecule has 482 valence electrons. The molecule has 31 atom stereocenters. The normalized spacial score (nSPS) is 45.9. The number of fused-ring (bicyclic) bond motifs is 1. The highest BCUT2D eigenvalue weighted by molar-refractivity contribution is 5.66. The predicted molar refractivity (Wildman–Crippen MR) is 311 cm³/mol. The molecule has 85 heavy (non-hydrogen) atoms. The van der Waals surface area contributed by atoms with E-state index in [1.807, 2.05) is 37.3 Å². The van der Waals surface area contributed by atoms with E-state index in [1.54, 1.807) is 0 Å². The second kappa shape index (κ2) is 30.6. The molecule has 1 aromatic carbocycles. The zero-order chi connectivity index (χ0) is 61.6. The van der Waals surface area contributed by atoms with E-state index in [2.05, 4.69) is 107 Å². The molecule has 13 unspecified atom stereocenters. The topological polar surface area (TPSA) is 231 Å². The minimum Gasteiger partial charge on any atom is -0.457 e. The monoisotopic (exact) mass is 1200 g/mol. The zero-order valence-corrected chi connectivity index (χ0v) is 53.6. The predicted octanol–water partition coefficient (Wildman–Crippen LogP) is 11.0. The van der Waals surface area contributed by atoms with Crippen LogP contribution in [0, 0.1) is 59.2 Å². The van der Waals surface area contributed by atoms with Gasteiger partial charge in [0, 0.05) is 48.6 Å². The number of azide groups is 1. The van der Waals surface area contributed by atoms with Crippen molar-refractivity contribution < 1.29 is 85.4 Å².